The third-order valence-electron chi connectivity index (χ3n) is 3.36. The number of nitrogens with one attached hydrogen (secondary N) is 1. The molecule has 0 bridgehead atoms. The van der Waals surface area contributed by atoms with Crippen LogP contribution in [0.2, 0.25) is 0 Å². The number of hydrogen-bond donors (Lipinski definition) is 1. The summed E-state index contributed by atoms with van der Waals surface area (Å²) in [4.78, 5) is 0. The Kier molecular flexibility index (Phi) is 5.06. The van der Waals surface area contributed by atoms with Gasteiger partial charge in [0.2, 0.25) is 0 Å². The Morgan fingerprint density at radius 2 is 1.73 bits per heavy atom. The van der Waals surface area contributed by atoms with E-state index in [9.17, 15) is 8.42 Å². The molecule has 1 fully saturated rings. The van der Waals surface area contributed by atoms with E-state index in [-0.39, 0.29) is 0 Å². The standard InChI is InChI=1S/C11H23NO2S/c1-3-11(4-2)12-9-10-5-7-15(13,14)8-6-10/h10-12H,3-9H2,1-2H3. The summed E-state index contributed by atoms with van der Waals surface area (Å²) < 4.78 is 22.5. The fourth-order valence-electron chi connectivity index (χ4n) is 2.05. The van der Waals surface area contributed by atoms with E-state index >= 15 is 0 Å². The molecular formula is C11H23NO2S. The molecule has 0 radical (unpaired) electrons. The highest BCUT2D eigenvalue weighted by molar-refractivity contribution is 7.91. The first-order valence-corrected chi connectivity index (χ1v) is 7.83. The van der Waals surface area contributed by atoms with Crippen molar-refractivity contribution in [1.82, 2.24) is 5.32 Å². The van der Waals surface area contributed by atoms with Gasteiger partial charge in [-0.3, -0.25) is 0 Å². The first-order chi connectivity index (χ1) is 7.07. The monoisotopic (exact) mass is 233 g/mol. The van der Waals surface area contributed by atoms with Crippen LogP contribution in [-0.4, -0.2) is 32.5 Å². The summed E-state index contributed by atoms with van der Waals surface area (Å²) in [5.41, 5.74) is 0. The van der Waals surface area contributed by atoms with E-state index in [1.807, 2.05) is 0 Å². The van der Waals surface area contributed by atoms with Crippen molar-refractivity contribution in [3.05, 3.63) is 0 Å². The van der Waals surface area contributed by atoms with E-state index in [2.05, 4.69) is 19.2 Å². The first kappa shape index (κ1) is 13.0. The minimum absolute atomic E-state index is 0.391. The lowest BCUT2D eigenvalue weighted by Crippen LogP contribution is -2.36. The fraction of sp³-hybridized carbons (Fsp3) is 1.00. The molecule has 0 aliphatic carbocycles. The normalized spacial score (nSPS) is 22.1. The van der Waals surface area contributed by atoms with Crippen LogP contribution in [0.4, 0.5) is 0 Å². The molecule has 15 heavy (non-hydrogen) atoms. The summed E-state index contributed by atoms with van der Waals surface area (Å²) in [6.07, 6.45) is 3.99. The molecule has 1 saturated heterocycles. The van der Waals surface area contributed by atoms with Crippen LogP contribution in [0.3, 0.4) is 0 Å². The van der Waals surface area contributed by atoms with Gasteiger partial charge in [-0.25, -0.2) is 8.42 Å². The van der Waals surface area contributed by atoms with Gasteiger partial charge in [0.05, 0.1) is 11.5 Å². The quantitative estimate of drug-likeness (QED) is 0.784. The van der Waals surface area contributed by atoms with Gasteiger partial charge in [0, 0.05) is 6.04 Å². The SMILES string of the molecule is CCC(CC)NCC1CCS(=O)(=O)CC1. The summed E-state index contributed by atoms with van der Waals surface area (Å²) >= 11 is 0. The van der Waals surface area contributed by atoms with Gasteiger partial charge in [-0.1, -0.05) is 13.8 Å². The molecule has 1 aliphatic heterocycles. The van der Waals surface area contributed by atoms with Crippen LogP contribution < -0.4 is 5.32 Å². The van der Waals surface area contributed by atoms with E-state index in [4.69, 9.17) is 0 Å². The molecule has 1 N–H and O–H groups in total. The second-order valence-corrected chi connectivity index (χ2v) is 6.82. The summed E-state index contributed by atoms with van der Waals surface area (Å²) in [6, 6.07) is 0.600. The minimum atomic E-state index is -2.69. The molecule has 0 atom stereocenters. The summed E-state index contributed by atoms with van der Waals surface area (Å²) in [5.74, 6) is 1.35. The van der Waals surface area contributed by atoms with Crippen LogP contribution >= 0.6 is 0 Å². The van der Waals surface area contributed by atoms with Crippen molar-refractivity contribution in [2.75, 3.05) is 18.1 Å². The van der Waals surface area contributed by atoms with Gasteiger partial charge in [-0.15, -0.1) is 0 Å². The second-order valence-electron chi connectivity index (χ2n) is 4.52. The van der Waals surface area contributed by atoms with E-state index < -0.39 is 9.84 Å². The average Bonchev–Trinajstić information content (AvgIpc) is 2.21. The highest BCUT2D eigenvalue weighted by Gasteiger charge is 2.23. The van der Waals surface area contributed by atoms with Gasteiger partial charge in [-0.2, -0.15) is 0 Å². The van der Waals surface area contributed by atoms with Crippen molar-refractivity contribution >= 4 is 9.84 Å². The second kappa shape index (κ2) is 5.85. The van der Waals surface area contributed by atoms with E-state index in [0.29, 0.717) is 23.5 Å². The molecular weight excluding hydrogens is 210 g/mol. The Hall–Kier alpha value is -0.0900. The molecule has 1 aliphatic rings. The molecule has 0 amide bonds. The Morgan fingerprint density at radius 1 is 1.20 bits per heavy atom. The Labute approximate surface area is 93.6 Å². The van der Waals surface area contributed by atoms with Crippen LogP contribution in [0, 0.1) is 5.92 Å². The van der Waals surface area contributed by atoms with Crippen molar-refractivity contribution in [3.63, 3.8) is 0 Å². The molecule has 0 saturated carbocycles. The molecule has 0 spiro atoms. The maximum absolute atomic E-state index is 11.2. The lowest BCUT2D eigenvalue weighted by Gasteiger charge is -2.24. The largest absolute Gasteiger partial charge is 0.314 e. The molecule has 0 aromatic heterocycles. The van der Waals surface area contributed by atoms with Crippen LogP contribution in [0.1, 0.15) is 39.5 Å². The molecule has 4 heteroatoms. The van der Waals surface area contributed by atoms with Crippen LogP contribution in [0.5, 0.6) is 0 Å². The molecule has 1 rings (SSSR count). The Balaban J connectivity index is 2.24. The van der Waals surface area contributed by atoms with Crippen LogP contribution in [-0.2, 0) is 9.84 Å². The fourth-order valence-corrected chi connectivity index (χ4v) is 3.64. The van der Waals surface area contributed by atoms with Crippen molar-refractivity contribution in [2.45, 2.75) is 45.6 Å². The highest BCUT2D eigenvalue weighted by Crippen LogP contribution is 2.18. The third kappa shape index (κ3) is 4.51. The summed E-state index contributed by atoms with van der Waals surface area (Å²) in [6.45, 7) is 5.36. The van der Waals surface area contributed by atoms with Gasteiger partial charge >= 0.3 is 0 Å². The summed E-state index contributed by atoms with van der Waals surface area (Å²) in [7, 11) is -2.69. The zero-order valence-corrected chi connectivity index (χ0v) is 10.6. The van der Waals surface area contributed by atoms with Crippen molar-refractivity contribution in [2.24, 2.45) is 5.92 Å². The van der Waals surface area contributed by atoms with Crippen molar-refractivity contribution in [3.8, 4) is 0 Å². The topological polar surface area (TPSA) is 46.2 Å². The van der Waals surface area contributed by atoms with Crippen molar-refractivity contribution < 1.29 is 8.42 Å². The first-order valence-electron chi connectivity index (χ1n) is 6.01. The average molecular weight is 233 g/mol. The highest BCUT2D eigenvalue weighted by atomic mass is 32.2. The molecule has 0 unspecified atom stereocenters. The van der Waals surface area contributed by atoms with E-state index in [0.717, 1.165) is 32.2 Å². The zero-order valence-electron chi connectivity index (χ0n) is 9.83. The maximum Gasteiger partial charge on any atom is 0.150 e. The number of rotatable bonds is 5. The molecule has 0 aromatic rings. The van der Waals surface area contributed by atoms with Gasteiger partial charge in [0.15, 0.2) is 0 Å². The predicted octanol–water partition coefficient (Wildman–Crippen LogP) is 1.59. The predicted molar refractivity (Wildman–Crippen MR) is 63.8 cm³/mol. The van der Waals surface area contributed by atoms with E-state index in [1.54, 1.807) is 0 Å². The lowest BCUT2D eigenvalue weighted by atomic mass is 10.0. The van der Waals surface area contributed by atoms with Crippen molar-refractivity contribution in [1.29, 1.82) is 0 Å². The van der Waals surface area contributed by atoms with Gasteiger partial charge in [0.25, 0.3) is 0 Å². The molecule has 90 valence electrons. The molecule has 1 heterocycles. The lowest BCUT2D eigenvalue weighted by molar-refractivity contribution is 0.387. The van der Waals surface area contributed by atoms with Crippen LogP contribution in [0.25, 0.3) is 0 Å². The zero-order chi connectivity index (χ0) is 11.3. The maximum atomic E-state index is 11.2. The van der Waals surface area contributed by atoms with E-state index in [1.165, 1.54) is 0 Å². The van der Waals surface area contributed by atoms with Gasteiger partial charge < -0.3 is 5.32 Å². The Bertz CT molecular complexity index is 256. The number of hydrogen-bond acceptors (Lipinski definition) is 3. The smallest absolute Gasteiger partial charge is 0.150 e. The third-order valence-corrected chi connectivity index (χ3v) is 5.07. The number of sulfone groups is 1. The molecule has 0 aromatic carbocycles. The molecule has 3 nitrogen and oxygen atoms in total. The Morgan fingerprint density at radius 3 is 2.20 bits per heavy atom. The van der Waals surface area contributed by atoms with Crippen LogP contribution in [0.15, 0.2) is 0 Å². The van der Waals surface area contributed by atoms with Gasteiger partial charge in [-0.05, 0) is 38.1 Å². The summed E-state index contributed by atoms with van der Waals surface area (Å²) in [5, 5.41) is 3.52. The van der Waals surface area contributed by atoms with Gasteiger partial charge in [0.1, 0.15) is 9.84 Å². The minimum Gasteiger partial charge on any atom is -0.314 e.